The molecule has 4 atom stereocenters. The van der Waals surface area contributed by atoms with Crippen molar-refractivity contribution in [2.45, 2.75) is 65.3 Å². The summed E-state index contributed by atoms with van der Waals surface area (Å²) in [5, 5.41) is 0. The van der Waals surface area contributed by atoms with Crippen molar-refractivity contribution in [3.63, 3.8) is 0 Å². The zero-order valence-corrected chi connectivity index (χ0v) is 22.3. The van der Waals surface area contributed by atoms with E-state index < -0.39 is 23.8 Å². The van der Waals surface area contributed by atoms with Crippen LogP contribution in [0, 0.1) is 17.8 Å². The van der Waals surface area contributed by atoms with Crippen LogP contribution in [-0.2, 0) is 15.7 Å². The molecule has 0 N–H and O–H groups in total. The number of alkyl halides is 3. The van der Waals surface area contributed by atoms with Gasteiger partial charge in [0.25, 0.3) is 0 Å². The van der Waals surface area contributed by atoms with Gasteiger partial charge in [-0.3, -0.25) is 0 Å². The van der Waals surface area contributed by atoms with E-state index in [4.69, 9.17) is 4.74 Å². The van der Waals surface area contributed by atoms with Crippen LogP contribution in [0.5, 0.6) is 0 Å². The Balaban J connectivity index is 1.76. The Morgan fingerprint density at radius 2 is 1.81 bits per heavy atom. The first-order valence-corrected chi connectivity index (χ1v) is 12.9. The van der Waals surface area contributed by atoms with Crippen LogP contribution in [-0.4, -0.2) is 35.7 Å². The number of halogens is 3. The Hall–Kier alpha value is -3.03. The van der Waals surface area contributed by atoms with Gasteiger partial charge in [-0.15, -0.1) is 0 Å². The number of hydrogen-bond donors (Lipinski definition) is 0. The Labute approximate surface area is 216 Å². The topological polar surface area (TPSA) is 47.4 Å². The van der Waals surface area contributed by atoms with E-state index in [-0.39, 0.29) is 11.8 Å². The standard InChI is InChI=1S/C29H36F3N3O2/c1-17(2)21-13-11-18(3)15-26(21)37-28(36)19(4)35-25-10-8-7-9-23(25)33-27(35)20-12-14-24(34(5)6)22(16-20)29(30,31)32/h7-10,12,14,16-19,21,26H,11,13,15H2,1-6H3/t18?,19-,21?,26?/m1/s1. The highest BCUT2D eigenvalue weighted by Gasteiger charge is 2.37. The zero-order valence-electron chi connectivity index (χ0n) is 22.3. The lowest BCUT2D eigenvalue weighted by Gasteiger charge is -2.37. The smallest absolute Gasteiger partial charge is 0.418 e. The minimum atomic E-state index is -4.54. The van der Waals surface area contributed by atoms with Crippen molar-refractivity contribution in [1.82, 2.24) is 9.55 Å². The molecular formula is C29H36F3N3O2. The van der Waals surface area contributed by atoms with Crippen LogP contribution in [0.15, 0.2) is 42.5 Å². The molecule has 1 aliphatic carbocycles. The number of ether oxygens (including phenoxy) is 1. The lowest BCUT2D eigenvalue weighted by Crippen LogP contribution is -2.37. The van der Waals surface area contributed by atoms with E-state index in [9.17, 15) is 18.0 Å². The molecule has 2 aromatic carbocycles. The van der Waals surface area contributed by atoms with Gasteiger partial charge in [-0.25, -0.2) is 9.78 Å². The van der Waals surface area contributed by atoms with Crippen LogP contribution in [0.4, 0.5) is 18.9 Å². The average Bonchev–Trinajstić information content (AvgIpc) is 3.22. The summed E-state index contributed by atoms with van der Waals surface area (Å²) in [6, 6.07) is 10.7. The molecule has 3 unspecified atom stereocenters. The molecule has 8 heteroatoms. The highest BCUT2D eigenvalue weighted by molar-refractivity contribution is 5.85. The first-order chi connectivity index (χ1) is 17.4. The van der Waals surface area contributed by atoms with Gasteiger partial charge in [0.05, 0.1) is 16.6 Å². The molecule has 0 spiro atoms. The van der Waals surface area contributed by atoms with Gasteiger partial charge in [0.1, 0.15) is 18.0 Å². The zero-order chi connectivity index (χ0) is 27.1. The van der Waals surface area contributed by atoms with E-state index in [0.717, 1.165) is 25.3 Å². The van der Waals surface area contributed by atoms with Gasteiger partial charge in [0, 0.05) is 25.3 Å². The molecule has 0 radical (unpaired) electrons. The van der Waals surface area contributed by atoms with Crippen LogP contribution in [0.25, 0.3) is 22.4 Å². The quantitative estimate of drug-likeness (QED) is 0.322. The second kappa shape index (κ2) is 10.4. The van der Waals surface area contributed by atoms with Gasteiger partial charge >= 0.3 is 12.1 Å². The predicted molar refractivity (Wildman–Crippen MR) is 140 cm³/mol. The third-order valence-corrected chi connectivity index (χ3v) is 7.60. The van der Waals surface area contributed by atoms with Gasteiger partial charge < -0.3 is 14.2 Å². The van der Waals surface area contributed by atoms with Gasteiger partial charge in [-0.1, -0.05) is 39.3 Å². The molecule has 5 nitrogen and oxygen atoms in total. The second-order valence-corrected chi connectivity index (χ2v) is 10.9. The number of nitrogens with zero attached hydrogens (tertiary/aromatic N) is 3. The van der Waals surface area contributed by atoms with Crippen LogP contribution >= 0.6 is 0 Å². The van der Waals surface area contributed by atoms with Crippen molar-refractivity contribution in [2.75, 3.05) is 19.0 Å². The number of carbonyl (C=O) groups excluding carboxylic acids is 1. The first-order valence-electron chi connectivity index (χ1n) is 12.9. The molecule has 0 aliphatic heterocycles. The SMILES string of the molecule is CC1CCC(C(C)C)C(OC(=O)[C@@H](C)n2c(-c3ccc(N(C)C)c(C(F)(F)F)c3)nc3ccccc32)C1. The normalized spacial score (nSPS) is 21.3. The third kappa shape index (κ3) is 5.48. The maximum absolute atomic E-state index is 14.0. The predicted octanol–water partition coefficient (Wildman–Crippen LogP) is 7.35. The summed E-state index contributed by atoms with van der Waals surface area (Å²) in [6.45, 7) is 8.22. The summed E-state index contributed by atoms with van der Waals surface area (Å²) in [5.74, 6) is 1.07. The minimum absolute atomic E-state index is 0.0671. The number of para-hydroxylation sites is 2. The minimum Gasteiger partial charge on any atom is -0.461 e. The third-order valence-electron chi connectivity index (χ3n) is 7.60. The van der Waals surface area contributed by atoms with Crippen LogP contribution in [0.1, 0.15) is 58.6 Å². The summed E-state index contributed by atoms with van der Waals surface area (Å²) < 4.78 is 49.7. The van der Waals surface area contributed by atoms with E-state index in [0.29, 0.717) is 40.2 Å². The van der Waals surface area contributed by atoms with E-state index >= 15 is 0 Å². The van der Waals surface area contributed by atoms with Gasteiger partial charge in [0.2, 0.25) is 0 Å². The Bertz CT molecular complexity index is 1270. The first kappa shape index (κ1) is 27.0. The number of hydrogen-bond acceptors (Lipinski definition) is 4. The van der Waals surface area contributed by atoms with Gasteiger partial charge in [-0.2, -0.15) is 13.2 Å². The second-order valence-electron chi connectivity index (χ2n) is 10.9. The molecule has 1 heterocycles. The van der Waals surface area contributed by atoms with Crippen LogP contribution < -0.4 is 4.90 Å². The number of imidazole rings is 1. The van der Waals surface area contributed by atoms with Crippen LogP contribution in [0.3, 0.4) is 0 Å². The number of carbonyl (C=O) groups is 1. The molecule has 3 aromatic rings. The molecule has 0 saturated heterocycles. The molecule has 4 rings (SSSR count). The Morgan fingerprint density at radius 3 is 2.46 bits per heavy atom. The molecule has 37 heavy (non-hydrogen) atoms. The molecule has 200 valence electrons. The summed E-state index contributed by atoms with van der Waals surface area (Å²) >= 11 is 0. The summed E-state index contributed by atoms with van der Waals surface area (Å²) in [7, 11) is 3.15. The Kier molecular flexibility index (Phi) is 7.58. The molecule has 1 saturated carbocycles. The van der Waals surface area contributed by atoms with Crippen LogP contribution in [0.2, 0.25) is 0 Å². The van der Waals surface area contributed by atoms with Crippen molar-refractivity contribution >= 4 is 22.7 Å². The van der Waals surface area contributed by atoms with E-state index in [1.807, 2.05) is 18.2 Å². The highest BCUT2D eigenvalue weighted by atomic mass is 19.4. The fourth-order valence-corrected chi connectivity index (χ4v) is 5.54. The molecule has 1 fully saturated rings. The van der Waals surface area contributed by atoms with Gasteiger partial charge in [0.15, 0.2) is 0 Å². The fourth-order valence-electron chi connectivity index (χ4n) is 5.54. The lowest BCUT2D eigenvalue weighted by molar-refractivity contribution is -0.159. The van der Waals surface area contributed by atoms with Crippen molar-refractivity contribution in [3.05, 3.63) is 48.0 Å². The number of aromatic nitrogens is 2. The fraction of sp³-hybridized carbons (Fsp3) is 0.517. The number of esters is 1. The van der Waals surface area contributed by atoms with Gasteiger partial charge in [-0.05, 0) is 67.9 Å². The molecule has 1 aliphatic rings. The van der Waals surface area contributed by atoms with Crippen molar-refractivity contribution in [3.8, 4) is 11.4 Å². The van der Waals surface area contributed by atoms with Crippen molar-refractivity contribution < 1.29 is 22.7 Å². The number of benzene rings is 2. The largest absolute Gasteiger partial charge is 0.461 e. The summed E-state index contributed by atoms with van der Waals surface area (Å²) in [6.07, 6.45) is -1.76. The molecular weight excluding hydrogens is 479 g/mol. The number of fused-ring (bicyclic) bond motifs is 1. The maximum Gasteiger partial charge on any atom is 0.418 e. The highest BCUT2D eigenvalue weighted by Crippen LogP contribution is 2.40. The Morgan fingerprint density at radius 1 is 1.11 bits per heavy atom. The summed E-state index contributed by atoms with van der Waals surface area (Å²) in [4.78, 5) is 19.6. The molecule has 1 aromatic heterocycles. The summed E-state index contributed by atoms with van der Waals surface area (Å²) in [5.41, 5.74) is 0.885. The van der Waals surface area contributed by atoms with E-state index in [2.05, 4.69) is 25.8 Å². The lowest BCUT2D eigenvalue weighted by atomic mass is 9.75. The van der Waals surface area contributed by atoms with E-state index in [1.165, 1.54) is 11.0 Å². The number of anilines is 1. The van der Waals surface area contributed by atoms with Crippen molar-refractivity contribution in [1.29, 1.82) is 0 Å². The van der Waals surface area contributed by atoms with E-state index in [1.54, 1.807) is 37.7 Å². The number of rotatable bonds is 6. The molecule has 0 bridgehead atoms. The average molecular weight is 516 g/mol. The monoisotopic (exact) mass is 515 g/mol. The molecule has 0 amide bonds. The maximum atomic E-state index is 14.0. The van der Waals surface area contributed by atoms with Crippen molar-refractivity contribution in [2.24, 2.45) is 17.8 Å².